The predicted molar refractivity (Wildman–Crippen MR) is 216 cm³/mol. The van der Waals surface area contributed by atoms with Crippen LogP contribution < -0.4 is 15.1 Å². The number of carbonyl (C=O) groups is 4. The van der Waals surface area contributed by atoms with Gasteiger partial charge in [0.05, 0.1) is 30.6 Å². The summed E-state index contributed by atoms with van der Waals surface area (Å²) in [5, 5.41) is 12.3. The molecule has 2 bridgehead atoms. The number of esters is 1. The average Bonchev–Trinajstić information content (AvgIpc) is 3.86. The van der Waals surface area contributed by atoms with E-state index in [4.69, 9.17) is 14.2 Å². The fourth-order valence-electron chi connectivity index (χ4n) is 8.85. The van der Waals surface area contributed by atoms with Gasteiger partial charge in [0.2, 0.25) is 11.8 Å². The molecular weight excluding hydrogens is 713 g/mol. The Bertz CT molecular complexity index is 1650. The Hall–Kier alpha value is -4.52. The van der Waals surface area contributed by atoms with Crippen molar-refractivity contribution >= 4 is 35.1 Å². The number of benzene rings is 2. The number of amides is 3. The number of allylic oxidation sites excluding steroid dienone is 1. The van der Waals surface area contributed by atoms with E-state index in [1.165, 1.54) is 7.11 Å². The Morgan fingerprint density at radius 3 is 2.36 bits per heavy atom. The van der Waals surface area contributed by atoms with Gasteiger partial charge in [-0.3, -0.25) is 19.2 Å². The number of anilines is 2. The van der Waals surface area contributed by atoms with Gasteiger partial charge in [-0.15, -0.1) is 13.2 Å². The second-order valence-corrected chi connectivity index (χ2v) is 14.9. The highest BCUT2D eigenvalue weighted by Crippen LogP contribution is 2.59. The molecule has 5 rings (SSSR count). The summed E-state index contributed by atoms with van der Waals surface area (Å²) < 4.78 is 18.6. The lowest BCUT2D eigenvalue weighted by atomic mass is 9.70. The van der Waals surface area contributed by atoms with Crippen LogP contribution in [0.25, 0.3) is 0 Å². The minimum atomic E-state index is -1.23. The topological polar surface area (TPSA) is 138 Å². The molecule has 3 heterocycles. The maximum absolute atomic E-state index is 15.0. The van der Waals surface area contributed by atoms with Crippen molar-refractivity contribution in [1.82, 2.24) is 10.2 Å². The van der Waals surface area contributed by atoms with E-state index in [0.29, 0.717) is 49.9 Å². The third-order valence-corrected chi connectivity index (χ3v) is 11.5. The number of aliphatic hydroxyl groups is 1. The molecule has 2 aromatic carbocycles. The number of ether oxygens (including phenoxy) is 3. The third-order valence-electron chi connectivity index (χ3n) is 11.5. The number of carbonyl (C=O) groups excluding carboxylic acids is 4. The molecule has 1 spiro atoms. The molecule has 0 aromatic heterocycles. The van der Waals surface area contributed by atoms with Crippen LogP contribution in [0.2, 0.25) is 0 Å². The Morgan fingerprint density at radius 2 is 1.71 bits per heavy atom. The van der Waals surface area contributed by atoms with Gasteiger partial charge in [0, 0.05) is 57.7 Å². The van der Waals surface area contributed by atoms with Crippen LogP contribution in [0, 0.1) is 11.8 Å². The molecule has 3 saturated heterocycles. The molecule has 12 heteroatoms. The Balaban J connectivity index is 1.48. The smallest absolute Gasteiger partial charge is 0.313 e. The maximum atomic E-state index is 15.0. The lowest BCUT2D eigenvalue weighted by Crippen LogP contribution is -2.56. The highest BCUT2D eigenvalue weighted by Gasteiger charge is 2.75. The molecule has 0 unspecified atom stereocenters. The van der Waals surface area contributed by atoms with Crippen LogP contribution >= 0.6 is 0 Å². The van der Waals surface area contributed by atoms with Gasteiger partial charge in [-0.1, -0.05) is 55.3 Å². The zero-order valence-corrected chi connectivity index (χ0v) is 33.3. The number of aliphatic hydroxyl groups excluding tert-OH is 1. The summed E-state index contributed by atoms with van der Waals surface area (Å²) in [7, 11) is 1.52. The number of hydrogen-bond acceptors (Lipinski definition) is 9. The standard InChI is InChI=1S/C44H60N4O8/c1-6-10-20-36(50)45-34(30-54-5)39(31-18-14-13-15-19-31)55-43(53)37-35-25-26-44(56-35)38(37)41(51)48(28-16-11-12-17-29-49)40(44)42(52)47(27-7-2)33-23-21-32(22-24-33)46(8-3)9-4/h6-7,13-15,18-19,21-24,34-35,37-40,49H,1-2,8-12,16-17,20,25-30H2,3-5H3,(H,45,50)/t34-,35-,37+,38+,39-,40-,44+/m0/s1. The van der Waals surface area contributed by atoms with Crippen molar-refractivity contribution in [2.75, 3.05) is 56.3 Å². The molecule has 2 aromatic rings. The molecular formula is C44H60N4O8. The first-order chi connectivity index (χ1) is 27.2. The van der Waals surface area contributed by atoms with Crippen LogP contribution in [-0.4, -0.2) is 104 Å². The number of nitrogens with zero attached hydrogens (tertiary/aromatic N) is 3. The lowest BCUT2D eigenvalue weighted by Gasteiger charge is -2.37. The van der Waals surface area contributed by atoms with Crippen LogP contribution in [-0.2, 0) is 33.4 Å². The second kappa shape index (κ2) is 20.1. The number of unbranched alkanes of at least 4 members (excludes halogenated alkanes) is 3. The van der Waals surface area contributed by atoms with Crippen LogP contribution in [0.4, 0.5) is 11.4 Å². The van der Waals surface area contributed by atoms with Gasteiger partial charge < -0.3 is 39.3 Å². The molecule has 56 heavy (non-hydrogen) atoms. The van der Waals surface area contributed by atoms with Gasteiger partial charge >= 0.3 is 5.97 Å². The van der Waals surface area contributed by atoms with Crippen molar-refractivity contribution in [3.8, 4) is 0 Å². The lowest BCUT2D eigenvalue weighted by molar-refractivity contribution is -0.163. The monoisotopic (exact) mass is 772 g/mol. The van der Waals surface area contributed by atoms with E-state index in [9.17, 15) is 19.5 Å². The molecule has 2 N–H and O–H groups in total. The normalized spacial score (nSPS) is 23.3. The molecule has 0 radical (unpaired) electrons. The summed E-state index contributed by atoms with van der Waals surface area (Å²) in [5.41, 5.74) is 1.14. The molecule has 3 aliphatic heterocycles. The number of rotatable bonds is 23. The van der Waals surface area contributed by atoms with Crippen molar-refractivity contribution in [2.45, 2.75) is 95.1 Å². The second-order valence-electron chi connectivity index (χ2n) is 14.9. The Kier molecular flexibility index (Phi) is 15.3. The van der Waals surface area contributed by atoms with Crippen molar-refractivity contribution < 1.29 is 38.5 Å². The van der Waals surface area contributed by atoms with Crippen LogP contribution in [0.1, 0.15) is 76.9 Å². The molecule has 0 saturated carbocycles. The molecule has 3 amide bonds. The number of methoxy groups -OCH3 is 1. The van der Waals surface area contributed by atoms with Crippen molar-refractivity contribution in [1.29, 1.82) is 0 Å². The fourth-order valence-corrected chi connectivity index (χ4v) is 8.85. The molecule has 7 atom stereocenters. The zero-order chi connectivity index (χ0) is 40.2. The summed E-state index contributed by atoms with van der Waals surface area (Å²) in [5.74, 6) is -3.33. The molecule has 0 aliphatic carbocycles. The van der Waals surface area contributed by atoms with E-state index in [0.717, 1.165) is 31.6 Å². The van der Waals surface area contributed by atoms with Gasteiger partial charge in [-0.25, -0.2) is 0 Å². The number of fused-ring (bicyclic) bond motifs is 1. The van der Waals surface area contributed by atoms with Gasteiger partial charge in [-0.05, 0) is 75.8 Å². The highest BCUT2D eigenvalue weighted by molar-refractivity contribution is 6.04. The van der Waals surface area contributed by atoms with Gasteiger partial charge in [0.25, 0.3) is 5.91 Å². The quantitative estimate of drug-likeness (QED) is 0.0869. The van der Waals surface area contributed by atoms with E-state index in [1.807, 2.05) is 54.6 Å². The van der Waals surface area contributed by atoms with Crippen molar-refractivity contribution in [3.05, 3.63) is 85.5 Å². The van der Waals surface area contributed by atoms with E-state index >= 15 is 4.79 Å². The van der Waals surface area contributed by atoms with E-state index in [-0.39, 0.29) is 43.9 Å². The molecule has 3 fully saturated rings. The molecule has 3 aliphatic rings. The summed E-state index contributed by atoms with van der Waals surface area (Å²) >= 11 is 0. The predicted octanol–water partition coefficient (Wildman–Crippen LogP) is 5.36. The molecule has 12 nitrogen and oxygen atoms in total. The van der Waals surface area contributed by atoms with Gasteiger partial charge in [0.15, 0.2) is 0 Å². The van der Waals surface area contributed by atoms with Gasteiger partial charge in [-0.2, -0.15) is 0 Å². The number of likely N-dealkylation sites (tertiary alicyclic amines) is 1. The van der Waals surface area contributed by atoms with Crippen molar-refractivity contribution in [3.63, 3.8) is 0 Å². The largest absolute Gasteiger partial charge is 0.455 e. The summed E-state index contributed by atoms with van der Waals surface area (Å²) in [4.78, 5) is 62.9. The first-order valence-electron chi connectivity index (χ1n) is 20.2. The summed E-state index contributed by atoms with van der Waals surface area (Å²) in [6.45, 7) is 14.2. The minimum absolute atomic E-state index is 0.0687. The van der Waals surface area contributed by atoms with E-state index in [1.54, 1.807) is 22.0 Å². The highest BCUT2D eigenvalue weighted by atomic mass is 16.6. The first kappa shape index (κ1) is 42.6. The Labute approximate surface area is 331 Å². The SMILES string of the molecule is C=CCCC(=O)N[C@@H](COC)[C@@H](OC(=O)[C@@H]1[C@@H]2CC[C@]3(O2)[C@H](C(=O)N(CC=C)c2ccc(N(CC)CC)cc2)N(CCCCCCO)C(=O)[C@@H]13)c1ccccc1. The van der Waals surface area contributed by atoms with Gasteiger partial charge in [0.1, 0.15) is 17.7 Å². The Morgan fingerprint density at radius 1 is 1.02 bits per heavy atom. The van der Waals surface area contributed by atoms with E-state index < -0.39 is 47.7 Å². The average molecular weight is 773 g/mol. The molecule has 304 valence electrons. The summed E-state index contributed by atoms with van der Waals surface area (Å²) in [6, 6.07) is 15.3. The number of nitrogens with one attached hydrogen (secondary N) is 1. The van der Waals surface area contributed by atoms with E-state index in [2.05, 4.69) is 37.2 Å². The third kappa shape index (κ3) is 9.03. The van der Waals surface area contributed by atoms with Crippen LogP contribution in [0.5, 0.6) is 0 Å². The maximum Gasteiger partial charge on any atom is 0.313 e. The fraction of sp³-hybridized carbons (Fsp3) is 0.545. The first-order valence-corrected chi connectivity index (χ1v) is 20.2. The number of hydrogen-bond donors (Lipinski definition) is 2. The summed E-state index contributed by atoms with van der Waals surface area (Å²) in [6.07, 6.45) is 6.22. The zero-order valence-electron chi connectivity index (χ0n) is 33.3. The van der Waals surface area contributed by atoms with Crippen LogP contribution in [0.15, 0.2) is 79.9 Å². The van der Waals surface area contributed by atoms with Crippen molar-refractivity contribution in [2.24, 2.45) is 11.8 Å². The van der Waals surface area contributed by atoms with Crippen LogP contribution in [0.3, 0.4) is 0 Å². The minimum Gasteiger partial charge on any atom is -0.455 e.